The summed E-state index contributed by atoms with van der Waals surface area (Å²) in [5, 5.41) is 12.6. The second-order valence-corrected chi connectivity index (χ2v) is 22.1. The van der Waals surface area contributed by atoms with Gasteiger partial charge < -0.3 is 20.1 Å². The Kier molecular flexibility index (Phi) is 10.1. The number of nitrogens with one attached hydrogen (secondary N) is 1. The molecule has 0 aromatic rings. The third-order valence-corrected chi connectivity index (χ3v) is 18.0. The first-order valence-corrected chi connectivity index (χ1v) is 21.8. The van der Waals surface area contributed by atoms with Crippen LogP contribution in [0, 0.1) is 68.0 Å². The number of amides is 2. The molecule has 6 aliphatic carbocycles. The molecule has 8 heteroatoms. The minimum atomic E-state index is -0.887. The second kappa shape index (κ2) is 13.6. The number of carbonyl (C=O) groups is 4. The maximum atomic E-state index is 14.2. The molecule has 7 rings (SSSR count). The quantitative estimate of drug-likeness (QED) is 0.170. The van der Waals surface area contributed by atoms with Gasteiger partial charge in [0, 0.05) is 36.9 Å². The number of fused-ring (bicyclic) bond motifs is 7. The van der Waals surface area contributed by atoms with Crippen molar-refractivity contribution in [2.45, 2.75) is 170 Å². The van der Waals surface area contributed by atoms with E-state index in [4.69, 9.17) is 4.74 Å². The maximum Gasteiger partial charge on any atom is 0.306 e. The summed E-state index contributed by atoms with van der Waals surface area (Å²) in [6.45, 7) is 24.4. The number of likely N-dealkylation sites (tertiary alicyclic amines) is 1. The molecular formula is C46H72N2O6. The van der Waals surface area contributed by atoms with Crippen molar-refractivity contribution < 1.29 is 29.0 Å². The fourth-order valence-electron chi connectivity index (χ4n) is 15.0. The standard InChI is InChI=1S/C46H72N2O6/c1-28(2)31-14-20-46(24-36(49)48-23-17-30(27-48)47-40(53)29-10-11-29)22-21-44(8)32(39(31)46)12-13-34-43(7)18-16-35(42(5,6)33(43)15-19-45(34,44)9)54-38(52)26-41(3,4)25-37(50)51/h29-35,39H,1,10-27H2,2-9H3,(H,47,53)(H,50,51)/t30-,31-,32+,33?,34+,35-,39+,43-,44+,45+,46+/m0/s1. The van der Waals surface area contributed by atoms with Crippen LogP contribution >= 0.6 is 0 Å². The molecular weight excluding hydrogens is 677 g/mol. The number of carboxylic acids is 1. The van der Waals surface area contributed by atoms with Gasteiger partial charge in [0.15, 0.2) is 0 Å². The van der Waals surface area contributed by atoms with Crippen LogP contribution in [0.2, 0.25) is 0 Å². The van der Waals surface area contributed by atoms with Gasteiger partial charge in [-0.15, -0.1) is 0 Å². The van der Waals surface area contributed by atoms with Crippen LogP contribution < -0.4 is 5.32 Å². The van der Waals surface area contributed by atoms with Crippen LogP contribution in [-0.4, -0.2) is 59.0 Å². The summed E-state index contributed by atoms with van der Waals surface area (Å²) in [6, 6.07) is 0.0894. The van der Waals surface area contributed by atoms with Gasteiger partial charge in [-0.05, 0) is 147 Å². The lowest BCUT2D eigenvalue weighted by molar-refractivity contribution is -0.250. The van der Waals surface area contributed by atoms with E-state index in [1.54, 1.807) is 0 Å². The van der Waals surface area contributed by atoms with Gasteiger partial charge in [-0.2, -0.15) is 0 Å². The van der Waals surface area contributed by atoms with Crippen LogP contribution in [0.4, 0.5) is 0 Å². The number of esters is 1. The van der Waals surface area contributed by atoms with E-state index < -0.39 is 11.4 Å². The van der Waals surface area contributed by atoms with Gasteiger partial charge in [-0.1, -0.05) is 60.6 Å². The minimum absolute atomic E-state index is 0.0213. The van der Waals surface area contributed by atoms with Crippen LogP contribution in [0.1, 0.15) is 158 Å². The number of rotatable bonds is 10. The molecule has 0 aromatic carbocycles. The number of allylic oxidation sites excluding steroid dienone is 1. The van der Waals surface area contributed by atoms with Gasteiger partial charge in [0.2, 0.25) is 11.8 Å². The summed E-state index contributed by atoms with van der Waals surface area (Å²) in [5.74, 6) is 2.05. The Morgan fingerprint density at radius 1 is 0.833 bits per heavy atom. The van der Waals surface area contributed by atoms with Crippen molar-refractivity contribution in [3.05, 3.63) is 12.2 Å². The van der Waals surface area contributed by atoms with E-state index in [-0.39, 0.29) is 69.9 Å². The largest absolute Gasteiger partial charge is 0.481 e. The zero-order chi connectivity index (χ0) is 39.2. The summed E-state index contributed by atoms with van der Waals surface area (Å²) in [6.07, 6.45) is 14.6. The number of ether oxygens (including phenoxy) is 1. The lowest BCUT2D eigenvalue weighted by atomic mass is 9.32. The molecule has 1 unspecified atom stereocenters. The summed E-state index contributed by atoms with van der Waals surface area (Å²) in [7, 11) is 0. The van der Waals surface area contributed by atoms with Crippen molar-refractivity contribution in [1.82, 2.24) is 10.2 Å². The molecule has 0 aromatic heterocycles. The lowest BCUT2D eigenvalue weighted by Crippen LogP contribution is -2.67. The third-order valence-electron chi connectivity index (χ3n) is 18.0. The Bertz CT molecular complexity index is 1550. The van der Waals surface area contributed by atoms with Crippen LogP contribution in [-0.2, 0) is 23.9 Å². The predicted molar refractivity (Wildman–Crippen MR) is 210 cm³/mol. The predicted octanol–water partition coefficient (Wildman–Crippen LogP) is 8.96. The summed E-state index contributed by atoms with van der Waals surface area (Å²) >= 11 is 0. The highest BCUT2D eigenvalue weighted by Crippen LogP contribution is 2.78. The zero-order valence-electron chi connectivity index (χ0n) is 35.0. The average Bonchev–Trinajstić information content (AvgIpc) is 3.69. The highest BCUT2D eigenvalue weighted by Gasteiger charge is 2.71. The van der Waals surface area contributed by atoms with E-state index in [1.165, 1.54) is 31.3 Å². The first kappa shape index (κ1) is 39.8. The first-order chi connectivity index (χ1) is 25.2. The lowest BCUT2D eigenvalue weighted by Gasteiger charge is -2.73. The maximum absolute atomic E-state index is 14.2. The molecule has 1 saturated heterocycles. The fourth-order valence-corrected chi connectivity index (χ4v) is 15.0. The Hall–Kier alpha value is -2.38. The highest BCUT2D eigenvalue weighted by atomic mass is 16.5. The van der Waals surface area contributed by atoms with Crippen LogP contribution in [0.5, 0.6) is 0 Å². The van der Waals surface area contributed by atoms with Gasteiger partial charge in [0.05, 0.1) is 12.8 Å². The molecule has 7 aliphatic rings. The number of hydrogen-bond acceptors (Lipinski definition) is 5. The van der Waals surface area contributed by atoms with E-state index in [1.807, 2.05) is 13.8 Å². The van der Waals surface area contributed by atoms with E-state index >= 15 is 0 Å². The smallest absolute Gasteiger partial charge is 0.306 e. The Labute approximate surface area is 325 Å². The first-order valence-electron chi connectivity index (χ1n) is 21.8. The topological polar surface area (TPSA) is 113 Å². The van der Waals surface area contributed by atoms with Crippen molar-refractivity contribution in [3.63, 3.8) is 0 Å². The summed E-state index contributed by atoms with van der Waals surface area (Å²) in [5.41, 5.74) is 1.00. The van der Waals surface area contributed by atoms with Crippen molar-refractivity contribution >= 4 is 23.8 Å². The molecule has 2 amide bonds. The normalized spacial score (nSPS) is 42.5. The van der Waals surface area contributed by atoms with Crippen molar-refractivity contribution in [3.8, 4) is 0 Å². The molecule has 302 valence electrons. The Morgan fingerprint density at radius 2 is 1.56 bits per heavy atom. The van der Waals surface area contributed by atoms with E-state index in [9.17, 15) is 24.3 Å². The summed E-state index contributed by atoms with van der Waals surface area (Å²) < 4.78 is 6.29. The second-order valence-electron chi connectivity index (χ2n) is 22.1. The molecule has 0 spiro atoms. The zero-order valence-corrected chi connectivity index (χ0v) is 35.0. The van der Waals surface area contributed by atoms with Gasteiger partial charge in [-0.25, -0.2) is 0 Å². The van der Waals surface area contributed by atoms with Gasteiger partial charge in [-0.3, -0.25) is 19.2 Å². The molecule has 2 N–H and O–H groups in total. The Morgan fingerprint density at radius 3 is 2.22 bits per heavy atom. The van der Waals surface area contributed by atoms with Gasteiger partial charge in [0.1, 0.15) is 6.10 Å². The van der Waals surface area contributed by atoms with Crippen molar-refractivity contribution in [1.29, 1.82) is 0 Å². The van der Waals surface area contributed by atoms with Crippen LogP contribution in [0.3, 0.4) is 0 Å². The molecule has 0 radical (unpaired) electrons. The number of aliphatic carboxylic acids is 1. The monoisotopic (exact) mass is 749 g/mol. The molecule has 1 aliphatic heterocycles. The van der Waals surface area contributed by atoms with Crippen molar-refractivity contribution in [2.75, 3.05) is 13.1 Å². The number of carbonyl (C=O) groups excluding carboxylic acids is 3. The third kappa shape index (κ3) is 6.57. The van der Waals surface area contributed by atoms with E-state index in [0.717, 1.165) is 64.3 Å². The molecule has 0 bridgehead atoms. The molecule has 1 heterocycles. The van der Waals surface area contributed by atoms with E-state index in [0.29, 0.717) is 48.5 Å². The SMILES string of the molecule is C=C(C)[C@@H]1CC[C@]2(CC(=O)N3CC[C@H](NC(=O)C4CC4)C3)CC[C@]3(C)[C@H](CC[C@@H]4[C@@]5(C)CC[C@H](OC(=O)CC(C)(C)CC(=O)O)C(C)(C)C5CC[C@]43C)[C@@H]12. The van der Waals surface area contributed by atoms with Crippen LogP contribution in [0.15, 0.2) is 12.2 Å². The molecule has 54 heavy (non-hydrogen) atoms. The minimum Gasteiger partial charge on any atom is -0.481 e. The molecule has 8 nitrogen and oxygen atoms in total. The van der Waals surface area contributed by atoms with Gasteiger partial charge >= 0.3 is 11.9 Å². The van der Waals surface area contributed by atoms with Crippen molar-refractivity contribution in [2.24, 2.45) is 68.0 Å². The summed E-state index contributed by atoms with van der Waals surface area (Å²) in [4.78, 5) is 53.5. The van der Waals surface area contributed by atoms with Crippen LogP contribution in [0.25, 0.3) is 0 Å². The molecule has 11 atom stereocenters. The average molecular weight is 749 g/mol. The number of carboxylic acid groups (broad SMARTS) is 1. The number of nitrogens with zero attached hydrogens (tertiary/aromatic N) is 1. The molecule has 7 fully saturated rings. The van der Waals surface area contributed by atoms with Gasteiger partial charge in [0.25, 0.3) is 0 Å². The highest BCUT2D eigenvalue weighted by molar-refractivity contribution is 5.82. The fraction of sp³-hybridized carbons (Fsp3) is 0.870. The molecule has 6 saturated carbocycles. The van der Waals surface area contributed by atoms with E-state index in [2.05, 4.69) is 58.3 Å². The number of hydrogen-bond donors (Lipinski definition) is 2. The Balaban J connectivity index is 1.08.